The number of nitrogens with one attached hydrogen (secondary N) is 1. The predicted molar refractivity (Wildman–Crippen MR) is 99.1 cm³/mol. The van der Waals surface area contributed by atoms with Crippen molar-refractivity contribution in [2.45, 2.75) is 20.0 Å². The van der Waals surface area contributed by atoms with E-state index in [2.05, 4.69) is 22.1 Å². The molecule has 0 radical (unpaired) electrons. The zero-order valence-corrected chi connectivity index (χ0v) is 15.9. The first-order valence-corrected chi connectivity index (χ1v) is 8.78. The molecule has 1 heterocycles. The lowest BCUT2D eigenvalue weighted by Crippen LogP contribution is -2.44. The number of nitrogens with zero attached hydrogens (tertiary/aromatic N) is 2. The minimum Gasteiger partial charge on any atom is -0.489 e. The summed E-state index contributed by atoms with van der Waals surface area (Å²) in [6, 6.07) is 7.29. The molecule has 0 saturated carbocycles. The van der Waals surface area contributed by atoms with Crippen molar-refractivity contribution < 1.29 is 14.3 Å². The Bertz CT molecular complexity index is 606. The maximum atomic E-state index is 11.8. The van der Waals surface area contributed by atoms with E-state index in [9.17, 15) is 4.79 Å². The summed E-state index contributed by atoms with van der Waals surface area (Å²) >= 11 is 5.88. The lowest BCUT2D eigenvalue weighted by Gasteiger charge is -2.23. The summed E-state index contributed by atoms with van der Waals surface area (Å²) in [5, 5.41) is 4.00. The summed E-state index contributed by atoms with van der Waals surface area (Å²) in [6.45, 7) is 6.02. The number of likely N-dealkylation sites (tertiary alicyclic amines) is 1. The van der Waals surface area contributed by atoms with E-state index in [0.717, 1.165) is 18.3 Å². The van der Waals surface area contributed by atoms with Gasteiger partial charge in [-0.1, -0.05) is 18.5 Å². The number of rotatable bonds is 5. The van der Waals surface area contributed by atoms with Crippen molar-refractivity contribution in [2.75, 3.05) is 33.8 Å². The highest BCUT2D eigenvalue weighted by Crippen LogP contribution is 2.24. The van der Waals surface area contributed by atoms with Gasteiger partial charge in [-0.05, 0) is 37.1 Å². The molecule has 1 saturated heterocycles. The fourth-order valence-corrected chi connectivity index (χ4v) is 3.08. The molecule has 0 aromatic heterocycles. The molecule has 1 fully saturated rings. The van der Waals surface area contributed by atoms with Crippen LogP contribution in [0.15, 0.2) is 29.3 Å². The number of aliphatic imine (C=N–C) groups is 1. The fraction of sp³-hybridized carbons (Fsp3) is 0.556. The third-order valence-corrected chi connectivity index (χ3v) is 4.58. The lowest BCUT2D eigenvalue weighted by molar-refractivity contribution is -0.145. The second-order valence-corrected chi connectivity index (χ2v) is 6.76. The predicted octanol–water partition coefficient (Wildman–Crippen LogP) is 2.42. The first-order chi connectivity index (χ1) is 11.9. The van der Waals surface area contributed by atoms with E-state index in [-0.39, 0.29) is 23.9 Å². The van der Waals surface area contributed by atoms with Crippen LogP contribution in [-0.2, 0) is 9.53 Å². The van der Waals surface area contributed by atoms with Gasteiger partial charge in [-0.3, -0.25) is 9.79 Å². The van der Waals surface area contributed by atoms with Crippen molar-refractivity contribution >= 4 is 23.5 Å². The van der Waals surface area contributed by atoms with Crippen LogP contribution in [0.4, 0.5) is 0 Å². The smallest absolute Gasteiger partial charge is 0.310 e. The van der Waals surface area contributed by atoms with Crippen molar-refractivity contribution in [3.8, 4) is 5.75 Å². The summed E-state index contributed by atoms with van der Waals surface area (Å²) in [6.07, 6.45) is -0.0469. The van der Waals surface area contributed by atoms with Gasteiger partial charge in [0.05, 0.1) is 19.6 Å². The number of esters is 1. The first-order valence-electron chi connectivity index (χ1n) is 8.40. The van der Waals surface area contributed by atoms with Crippen LogP contribution in [0.5, 0.6) is 5.75 Å². The number of benzene rings is 1. The van der Waals surface area contributed by atoms with E-state index in [4.69, 9.17) is 21.1 Å². The minimum absolute atomic E-state index is 0.0469. The zero-order valence-electron chi connectivity index (χ0n) is 15.2. The summed E-state index contributed by atoms with van der Waals surface area (Å²) in [7, 11) is 3.17. The van der Waals surface area contributed by atoms with E-state index in [1.807, 2.05) is 19.1 Å². The number of ether oxygens (including phenoxy) is 2. The number of hydrogen-bond acceptors (Lipinski definition) is 4. The molecule has 0 amide bonds. The van der Waals surface area contributed by atoms with Gasteiger partial charge < -0.3 is 19.7 Å². The molecule has 7 heteroatoms. The third kappa shape index (κ3) is 5.26. The third-order valence-electron chi connectivity index (χ3n) is 4.33. The van der Waals surface area contributed by atoms with Crippen molar-refractivity contribution in [1.82, 2.24) is 10.2 Å². The zero-order chi connectivity index (χ0) is 18.4. The Morgan fingerprint density at radius 1 is 1.40 bits per heavy atom. The molecule has 2 rings (SSSR count). The van der Waals surface area contributed by atoms with Crippen LogP contribution >= 0.6 is 11.6 Å². The number of guanidine groups is 1. The van der Waals surface area contributed by atoms with Crippen molar-refractivity contribution in [3.63, 3.8) is 0 Å². The largest absolute Gasteiger partial charge is 0.489 e. The Morgan fingerprint density at radius 2 is 2.08 bits per heavy atom. The number of carbonyl (C=O) groups excluding carboxylic acids is 1. The molecule has 1 aromatic rings. The first kappa shape index (κ1) is 19.4. The van der Waals surface area contributed by atoms with Gasteiger partial charge in [0.1, 0.15) is 11.9 Å². The van der Waals surface area contributed by atoms with Gasteiger partial charge in [-0.25, -0.2) is 0 Å². The van der Waals surface area contributed by atoms with Crippen LogP contribution < -0.4 is 10.1 Å². The van der Waals surface area contributed by atoms with Crippen LogP contribution in [0.25, 0.3) is 0 Å². The van der Waals surface area contributed by atoms with Gasteiger partial charge in [0.2, 0.25) is 0 Å². The maximum Gasteiger partial charge on any atom is 0.310 e. The summed E-state index contributed by atoms with van der Waals surface area (Å²) < 4.78 is 10.7. The van der Waals surface area contributed by atoms with Gasteiger partial charge in [0.15, 0.2) is 5.96 Å². The van der Waals surface area contributed by atoms with Crippen molar-refractivity contribution in [1.29, 1.82) is 0 Å². The second-order valence-electron chi connectivity index (χ2n) is 6.32. The van der Waals surface area contributed by atoms with Crippen molar-refractivity contribution in [2.24, 2.45) is 16.8 Å². The van der Waals surface area contributed by atoms with Gasteiger partial charge in [0, 0.05) is 25.2 Å². The minimum atomic E-state index is -0.162. The Balaban J connectivity index is 1.86. The van der Waals surface area contributed by atoms with Crippen molar-refractivity contribution in [3.05, 3.63) is 29.3 Å². The normalized spacial score (nSPS) is 21.8. The molecule has 1 aromatic carbocycles. The maximum absolute atomic E-state index is 11.8. The molecule has 25 heavy (non-hydrogen) atoms. The topological polar surface area (TPSA) is 63.2 Å². The number of carbonyl (C=O) groups is 1. The van der Waals surface area contributed by atoms with E-state index >= 15 is 0 Å². The van der Waals surface area contributed by atoms with E-state index in [1.165, 1.54) is 7.11 Å². The molecule has 6 nitrogen and oxygen atoms in total. The Morgan fingerprint density at radius 3 is 2.68 bits per heavy atom. The van der Waals surface area contributed by atoms with Gasteiger partial charge in [-0.15, -0.1) is 0 Å². The molecular formula is C18H26ClN3O3. The van der Waals surface area contributed by atoms with Gasteiger partial charge in [0.25, 0.3) is 0 Å². The average molecular weight is 368 g/mol. The summed E-state index contributed by atoms with van der Waals surface area (Å²) in [5.41, 5.74) is 0. The fourth-order valence-electron chi connectivity index (χ4n) is 2.95. The van der Waals surface area contributed by atoms with Gasteiger partial charge >= 0.3 is 5.97 Å². The molecule has 3 atom stereocenters. The second kappa shape index (κ2) is 8.94. The quantitative estimate of drug-likeness (QED) is 0.492. The molecule has 138 valence electrons. The van der Waals surface area contributed by atoms with E-state index in [1.54, 1.807) is 19.2 Å². The van der Waals surface area contributed by atoms with Crippen LogP contribution in [0.3, 0.4) is 0 Å². The molecule has 1 aliphatic heterocycles. The summed E-state index contributed by atoms with van der Waals surface area (Å²) in [5.74, 6) is 1.49. The summed E-state index contributed by atoms with van der Waals surface area (Å²) in [4.78, 5) is 18.2. The molecule has 3 unspecified atom stereocenters. The Labute approximate surface area is 154 Å². The highest BCUT2D eigenvalue weighted by molar-refractivity contribution is 6.30. The Kier molecular flexibility index (Phi) is 6.93. The molecule has 0 spiro atoms. The van der Waals surface area contributed by atoms with Crippen LogP contribution in [0, 0.1) is 11.8 Å². The highest BCUT2D eigenvalue weighted by atomic mass is 35.5. The molecule has 0 aliphatic carbocycles. The number of hydrogen-bond donors (Lipinski definition) is 1. The van der Waals surface area contributed by atoms with Crippen LogP contribution in [0.2, 0.25) is 5.02 Å². The van der Waals surface area contributed by atoms with Crippen LogP contribution in [0.1, 0.15) is 13.8 Å². The number of halogens is 1. The molecule has 1 aliphatic rings. The lowest BCUT2D eigenvalue weighted by atomic mass is 9.99. The molecule has 0 bridgehead atoms. The Hall–Kier alpha value is -1.95. The van der Waals surface area contributed by atoms with E-state index < -0.39 is 0 Å². The average Bonchev–Trinajstić information content (AvgIpc) is 2.98. The molecule has 1 N–H and O–H groups in total. The highest BCUT2D eigenvalue weighted by Gasteiger charge is 2.36. The molecular weight excluding hydrogens is 342 g/mol. The SMILES string of the molecule is CN=C(NCC(C)Oc1ccc(Cl)cc1)N1CC(C)C(C(=O)OC)C1. The van der Waals surface area contributed by atoms with E-state index in [0.29, 0.717) is 18.1 Å². The number of methoxy groups -OCH3 is 1. The van der Waals surface area contributed by atoms with Crippen LogP contribution in [-0.4, -0.2) is 56.7 Å². The monoisotopic (exact) mass is 367 g/mol. The standard InChI is InChI=1S/C18H26ClN3O3/c1-12-10-22(11-16(12)17(23)24-4)18(20-3)21-9-13(2)25-15-7-5-14(19)6-8-15/h5-8,12-13,16H,9-11H2,1-4H3,(H,20,21). The van der Waals surface area contributed by atoms with Gasteiger partial charge in [-0.2, -0.15) is 0 Å².